The average Bonchev–Trinajstić information content (AvgIpc) is 3.72. The summed E-state index contributed by atoms with van der Waals surface area (Å²) in [5.41, 5.74) is 20.6. The molecular formula is C81H76N4. The van der Waals surface area contributed by atoms with Gasteiger partial charge in [-0.15, -0.1) is 0 Å². The summed E-state index contributed by atoms with van der Waals surface area (Å²) in [6, 6.07) is 95.4. The summed E-state index contributed by atoms with van der Waals surface area (Å²) in [5.74, 6) is 1.59. The molecule has 0 saturated carbocycles. The van der Waals surface area contributed by atoms with Gasteiger partial charge >= 0.3 is 0 Å². The summed E-state index contributed by atoms with van der Waals surface area (Å²) < 4.78 is 7.10. The van der Waals surface area contributed by atoms with E-state index in [2.05, 4.69) is 360 Å². The molecule has 0 bridgehead atoms. The fourth-order valence-electron chi connectivity index (χ4n) is 12.5. The van der Waals surface area contributed by atoms with Crippen molar-refractivity contribution in [3.8, 4) is 17.1 Å². The Bertz CT molecular complexity index is 4560. The van der Waals surface area contributed by atoms with Crippen LogP contribution in [0.3, 0.4) is 0 Å². The Kier molecular flexibility index (Phi) is 15.7. The summed E-state index contributed by atoms with van der Waals surface area (Å²) in [7, 11) is 0. The van der Waals surface area contributed by atoms with Crippen LogP contribution < -0.4 is 4.90 Å². The van der Waals surface area contributed by atoms with E-state index in [9.17, 15) is 0 Å². The average molecular weight is 1110 g/mol. The minimum atomic E-state index is 0.0399. The lowest BCUT2D eigenvalue weighted by molar-refractivity contribution is 0.560. The lowest BCUT2D eigenvalue weighted by Crippen LogP contribution is -2.38. The van der Waals surface area contributed by atoms with E-state index in [-0.39, 0.29) is 5.54 Å². The minimum Gasteiger partial charge on any atom is -0.335 e. The lowest BCUT2D eigenvalue weighted by atomic mass is 9.97. The van der Waals surface area contributed by atoms with E-state index in [1.54, 1.807) is 0 Å². The molecule has 0 N–H and O–H groups in total. The van der Waals surface area contributed by atoms with E-state index in [0.717, 1.165) is 0 Å². The molecule has 1 aliphatic rings. The highest BCUT2D eigenvalue weighted by molar-refractivity contribution is 6.12. The van der Waals surface area contributed by atoms with Gasteiger partial charge in [-0.3, -0.25) is 0 Å². The maximum absolute atomic E-state index is 2.43. The van der Waals surface area contributed by atoms with Crippen LogP contribution in [0.25, 0.3) is 94.6 Å². The Morgan fingerprint density at radius 3 is 1.16 bits per heavy atom. The van der Waals surface area contributed by atoms with Gasteiger partial charge in [0.2, 0.25) is 0 Å². The van der Waals surface area contributed by atoms with Crippen molar-refractivity contribution in [2.45, 2.75) is 85.6 Å². The Labute approximate surface area is 502 Å². The fraction of sp³-hybridized carbons (Fsp3) is 0.160. The van der Waals surface area contributed by atoms with Crippen molar-refractivity contribution in [2.75, 3.05) is 4.90 Å². The Hall–Kier alpha value is -9.64. The van der Waals surface area contributed by atoms with Crippen molar-refractivity contribution in [1.82, 2.24) is 13.7 Å². The third-order valence-corrected chi connectivity index (χ3v) is 16.6. The molecule has 0 spiro atoms. The molecule has 0 amide bonds. The smallest absolute Gasteiger partial charge is 0.0543 e. The zero-order valence-electron chi connectivity index (χ0n) is 50.6. The first kappa shape index (κ1) is 55.9. The predicted molar refractivity (Wildman–Crippen MR) is 368 cm³/mol. The third-order valence-electron chi connectivity index (χ3n) is 16.6. The number of benzene rings is 11. The summed E-state index contributed by atoms with van der Waals surface area (Å²) >= 11 is 0. The van der Waals surface area contributed by atoms with Crippen LogP contribution >= 0.6 is 0 Å². The maximum atomic E-state index is 2.43. The van der Waals surface area contributed by atoms with Gasteiger partial charge in [0.25, 0.3) is 0 Å². The van der Waals surface area contributed by atoms with Gasteiger partial charge in [0.05, 0.1) is 33.1 Å². The maximum Gasteiger partial charge on any atom is 0.0543 e. The molecular weight excluding hydrogens is 1030 g/mol. The third kappa shape index (κ3) is 11.0. The van der Waals surface area contributed by atoms with Crippen LogP contribution in [0.4, 0.5) is 11.4 Å². The Morgan fingerprint density at radius 2 is 0.659 bits per heavy atom. The van der Waals surface area contributed by atoms with Gasteiger partial charge in [-0.25, -0.2) is 0 Å². The van der Waals surface area contributed by atoms with E-state index >= 15 is 0 Å². The van der Waals surface area contributed by atoms with E-state index < -0.39 is 0 Å². The van der Waals surface area contributed by atoms with Gasteiger partial charge in [-0.2, -0.15) is 0 Å². The number of hydrogen-bond donors (Lipinski definition) is 0. The Balaban J connectivity index is 0.000000111. The number of aromatic nitrogens is 3. The van der Waals surface area contributed by atoms with Crippen LogP contribution in [0.5, 0.6) is 0 Å². The number of para-hydroxylation sites is 8. The van der Waals surface area contributed by atoms with E-state index in [0.29, 0.717) is 17.8 Å². The molecule has 0 radical (unpaired) electrons. The SMILES string of the molecule is CC(C)(C)N1c2ccccc2C=Cc2ccccc21.CC(C)c1ccc2c(c1)c1ccccc1n2-c1ccccc1.CC(C)c1ccc2c3ccccc3n(-c3ccccc3)c2c1.CC(C)c1cccc2c1c1ccccc1n2-c1ccccc1. The minimum absolute atomic E-state index is 0.0399. The Morgan fingerprint density at radius 1 is 0.282 bits per heavy atom. The molecule has 420 valence electrons. The first-order chi connectivity index (χ1) is 41.4. The number of nitrogens with zero attached hydrogens (tertiary/aromatic N) is 4. The van der Waals surface area contributed by atoms with Crippen LogP contribution in [0.15, 0.2) is 267 Å². The highest BCUT2D eigenvalue weighted by Crippen LogP contribution is 2.42. The molecule has 15 rings (SSSR count). The van der Waals surface area contributed by atoms with Crippen LogP contribution in [0, 0.1) is 0 Å². The second kappa shape index (κ2) is 23.9. The molecule has 11 aromatic carbocycles. The molecule has 1 aliphatic heterocycles. The summed E-state index contributed by atoms with van der Waals surface area (Å²) in [5, 5.41) is 8.03. The molecule has 0 saturated heterocycles. The highest BCUT2D eigenvalue weighted by atomic mass is 15.2. The van der Waals surface area contributed by atoms with Crippen LogP contribution in [-0.4, -0.2) is 19.2 Å². The summed E-state index contributed by atoms with van der Waals surface area (Å²) in [6.07, 6.45) is 4.42. The molecule has 85 heavy (non-hydrogen) atoms. The van der Waals surface area contributed by atoms with E-state index in [4.69, 9.17) is 0 Å². The van der Waals surface area contributed by atoms with E-state index in [1.165, 1.54) is 122 Å². The zero-order chi connectivity index (χ0) is 58.8. The largest absolute Gasteiger partial charge is 0.335 e. The normalized spacial score (nSPS) is 12.1. The molecule has 4 heteroatoms. The molecule has 0 atom stereocenters. The molecule has 0 fully saturated rings. The summed E-state index contributed by atoms with van der Waals surface area (Å²) in [6.45, 7) is 20.3. The van der Waals surface area contributed by atoms with Crippen molar-refractivity contribution in [3.63, 3.8) is 0 Å². The van der Waals surface area contributed by atoms with Crippen LogP contribution in [-0.2, 0) is 0 Å². The number of anilines is 2. The summed E-state index contributed by atoms with van der Waals surface area (Å²) in [4.78, 5) is 2.43. The lowest BCUT2D eigenvalue weighted by Gasteiger charge is -2.38. The molecule has 4 heterocycles. The molecule has 4 nitrogen and oxygen atoms in total. The van der Waals surface area contributed by atoms with Gasteiger partial charge in [0, 0.05) is 66.3 Å². The fourth-order valence-corrected chi connectivity index (χ4v) is 12.5. The number of hydrogen-bond acceptors (Lipinski definition) is 1. The quantitative estimate of drug-likeness (QED) is 0.162. The molecule has 14 aromatic rings. The standard InChI is InChI=1S/3C21H19N.C18H19N/c1-15(2)17-12-8-14-20-21(17)18-11-6-7-13-19(18)22(20)16-9-4-3-5-10-16;1-15(2)16-12-13-21-19(14-16)18-10-6-7-11-20(18)22(21)17-8-4-3-5-9-17;1-15(2)16-12-13-19-18-10-6-7-11-20(18)22(21(19)14-16)17-8-4-3-5-9-17;1-18(2,3)19-16-10-6-4-8-14(16)12-13-15-9-5-7-11-17(15)19/h3*3-15H,1-2H3;4-13H,1-3H3. The van der Waals surface area contributed by atoms with Gasteiger partial charge in [-0.05, 0) is 157 Å². The molecule has 0 aliphatic carbocycles. The second-order valence-electron chi connectivity index (χ2n) is 24.3. The number of fused-ring (bicyclic) bond motifs is 11. The van der Waals surface area contributed by atoms with Crippen LogP contribution in [0.1, 0.15) is 108 Å². The van der Waals surface area contributed by atoms with Gasteiger partial charge in [-0.1, -0.05) is 230 Å². The van der Waals surface area contributed by atoms with Crippen molar-refractivity contribution in [3.05, 3.63) is 295 Å². The first-order valence-electron chi connectivity index (χ1n) is 30.3. The second-order valence-corrected chi connectivity index (χ2v) is 24.3. The monoisotopic (exact) mass is 1100 g/mol. The molecule has 0 unspecified atom stereocenters. The van der Waals surface area contributed by atoms with Crippen molar-refractivity contribution >= 4 is 88.9 Å². The van der Waals surface area contributed by atoms with Gasteiger partial charge in [0.15, 0.2) is 0 Å². The molecule has 3 aromatic heterocycles. The van der Waals surface area contributed by atoms with Gasteiger partial charge < -0.3 is 18.6 Å². The first-order valence-corrected chi connectivity index (χ1v) is 30.3. The van der Waals surface area contributed by atoms with E-state index in [1.807, 2.05) is 0 Å². The van der Waals surface area contributed by atoms with Crippen molar-refractivity contribution in [2.24, 2.45) is 0 Å². The highest BCUT2D eigenvalue weighted by Gasteiger charge is 2.28. The van der Waals surface area contributed by atoms with Crippen molar-refractivity contribution in [1.29, 1.82) is 0 Å². The number of rotatable bonds is 6. The predicted octanol–water partition coefficient (Wildman–Crippen LogP) is 22.8. The van der Waals surface area contributed by atoms with Crippen molar-refractivity contribution < 1.29 is 0 Å². The topological polar surface area (TPSA) is 18.0 Å². The zero-order valence-corrected chi connectivity index (χ0v) is 50.6. The van der Waals surface area contributed by atoms with Crippen LogP contribution in [0.2, 0.25) is 0 Å². The van der Waals surface area contributed by atoms with Gasteiger partial charge in [0.1, 0.15) is 0 Å².